The van der Waals surface area contributed by atoms with Gasteiger partial charge in [-0.05, 0) is 80.3 Å². The van der Waals surface area contributed by atoms with Crippen molar-refractivity contribution in [3.8, 4) is 16.9 Å². The van der Waals surface area contributed by atoms with Crippen LogP contribution in [0.3, 0.4) is 0 Å². The molecule has 1 aromatic heterocycles. The number of rotatable bonds is 5. The molecule has 0 saturated carbocycles. The number of fused-ring (bicyclic) bond motifs is 1. The molecule has 2 atom stereocenters. The van der Waals surface area contributed by atoms with Crippen LogP contribution < -0.4 is 4.74 Å². The Balaban J connectivity index is 1.57. The zero-order chi connectivity index (χ0) is 22.0. The van der Waals surface area contributed by atoms with Crippen molar-refractivity contribution in [3.05, 3.63) is 59.8 Å². The molecule has 0 spiro atoms. The van der Waals surface area contributed by atoms with Gasteiger partial charge in [-0.3, -0.25) is 9.78 Å². The SMILES string of the molecule is CSC1CCCN(C(=O)C(C)Oc2ccc3c(-c4c(C)cccc4C)ccnc3c2)C1. The van der Waals surface area contributed by atoms with Crippen molar-refractivity contribution in [1.82, 2.24) is 9.88 Å². The summed E-state index contributed by atoms with van der Waals surface area (Å²) < 4.78 is 6.06. The predicted octanol–water partition coefficient (Wildman–Crippen LogP) is 5.64. The Morgan fingerprint density at radius 2 is 1.97 bits per heavy atom. The molecule has 1 saturated heterocycles. The van der Waals surface area contributed by atoms with Gasteiger partial charge in [0.15, 0.2) is 6.10 Å². The number of amides is 1. The molecule has 1 aliphatic heterocycles. The highest BCUT2D eigenvalue weighted by molar-refractivity contribution is 7.99. The van der Waals surface area contributed by atoms with E-state index in [0.29, 0.717) is 11.0 Å². The van der Waals surface area contributed by atoms with Crippen LogP contribution in [0, 0.1) is 13.8 Å². The van der Waals surface area contributed by atoms with E-state index in [1.807, 2.05) is 41.9 Å². The molecule has 1 aliphatic rings. The summed E-state index contributed by atoms with van der Waals surface area (Å²) in [5, 5.41) is 1.61. The fraction of sp³-hybridized carbons (Fsp3) is 0.385. The van der Waals surface area contributed by atoms with Crippen LogP contribution in [0.25, 0.3) is 22.0 Å². The minimum atomic E-state index is -0.514. The Labute approximate surface area is 189 Å². The van der Waals surface area contributed by atoms with Gasteiger partial charge < -0.3 is 9.64 Å². The number of likely N-dealkylation sites (tertiary alicyclic amines) is 1. The van der Waals surface area contributed by atoms with E-state index in [-0.39, 0.29) is 5.91 Å². The van der Waals surface area contributed by atoms with Gasteiger partial charge in [0.25, 0.3) is 5.91 Å². The average Bonchev–Trinajstić information content (AvgIpc) is 2.78. The molecule has 4 rings (SSSR count). The summed E-state index contributed by atoms with van der Waals surface area (Å²) in [6.45, 7) is 7.76. The maximum Gasteiger partial charge on any atom is 0.263 e. The van der Waals surface area contributed by atoms with Crippen LogP contribution in [0.1, 0.15) is 30.9 Å². The maximum atomic E-state index is 12.9. The Morgan fingerprint density at radius 1 is 1.19 bits per heavy atom. The number of benzene rings is 2. The third kappa shape index (κ3) is 4.57. The van der Waals surface area contributed by atoms with Crippen molar-refractivity contribution in [3.63, 3.8) is 0 Å². The molecule has 0 bridgehead atoms. The van der Waals surface area contributed by atoms with E-state index in [0.717, 1.165) is 30.4 Å². The fourth-order valence-corrected chi connectivity index (χ4v) is 5.23. The van der Waals surface area contributed by atoms with Crippen LogP contribution in [0.2, 0.25) is 0 Å². The third-order valence-corrected chi connectivity index (χ3v) is 7.20. The van der Waals surface area contributed by atoms with E-state index in [2.05, 4.69) is 55.4 Å². The lowest BCUT2D eigenvalue weighted by molar-refractivity contribution is -0.138. The van der Waals surface area contributed by atoms with Gasteiger partial charge in [-0.25, -0.2) is 0 Å². The Morgan fingerprint density at radius 3 is 2.71 bits per heavy atom. The Kier molecular flexibility index (Phi) is 6.51. The second-order valence-corrected chi connectivity index (χ2v) is 9.49. The number of nitrogens with zero attached hydrogens (tertiary/aromatic N) is 2. The van der Waals surface area contributed by atoms with Crippen LogP contribution in [0.15, 0.2) is 48.7 Å². The Bertz CT molecular complexity index is 1080. The summed E-state index contributed by atoms with van der Waals surface area (Å²) in [7, 11) is 0. The predicted molar refractivity (Wildman–Crippen MR) is 130 cm³/mol. The van der Waals surface area contributed by atoms with Crippen molar-refractivity contribution in [2.45, 2.75) is 45.0 Å². The summed E-state index contributed by atoms with van der Waals surface area (Å²) >= 11 is 1.84. The van der Waals surface area contributed by atoms with Crippen molar-refractivity contribution < 1.29 is 9.53 Å². The molecular weight excluding hydrogens is 404 g/mol. The van der Waals surface area contributed by atoms with Gasteiger partial charge in [0.05, 0.1) is 5.52 Å². The summed E-state index contributed by atoms with van der Waals surface area (Å²) in [6, 6.07) is 14.4. The van der Waals surface area contributed by atoms with Crippen LogP contribution in [-0.2, 0) is 4.79 Å². The van der Waals surface area contributed by atoms with Crippen LogP contribution in [-0.4, -0.2) is 46.5 Å². The number of hydrogen-bond donors (Lipinski definition) is 0. The standard InChI is InChI=1S/C26H30N2O2S/c1-17-7-5-8-18(2)25(17)23-12-13-27-24-15-20(10-11-22(23)24)30-19(3)26(29)28-14-6-9-21(16-28)31-4/h5,7-8,10-13,15,19,21H,6,9,14,16H2,1-4H3. The summed E-state index contributed by atoms with van der Waals surface area (Å²) in [6.07, 6.45) is 5.69. The fourth-order valence-electron chi connectivity index (χ4n) is 4.50. The van der Waals surface area contributed by atoms with Gasteiger partial charge in [0, 0.05) is 36.0 Å². The highest BCUT2D eigenvalue weighted by atomic mass is 32.2. The number of carbonyl (C=O) groups excluding carboxylic acids is 1. The average molecular weight is 435 g/mol. The number of pyridine rings is 1. The van der Waals surface area contributed by atoms with Crippen LogP contribution in [0.4, 0.5) is 0 Å². The van der Waals surface area contributed by atoms with E-state index < -0.39 is 6.10 Å². The molecule has 2 unspecified atom stereocenters. The summed E-state index contributed by atoms with van der Waals surface area (Å²) in [5.74, 6) is 0.744. The zero-order valence-electron chi connectivity index (χ0n) is 18.7. The summed E-state index contributed by atoms with van der Waals surface area (Å²) in [4.78, 5) is 19.4. The van der Waals surface area contributed by atoms with Crippen molar-refractivity contribution in [2.24, 2.45) is 0 Å². The molecule has 3 aromatic rings. The van der Waals surface area contributed by atoms with Gasteiger partial charge in [0.2, 0.25) is 0 Å². The molecule has 0 N–H and O–H groups in total. The first-order valence-electron chi connectivity index (χ1n) is 10.9. The van der Waals surface area contributed by atoms with E-state index in [1.54, 1.807) is 0 Å². The molecule has 162 valence electrons. The maximum absolute atomic E-state index is 12.9. The first-order valence-corrected chi connectivity index (χ1v) is 12.2. The normalized spacial score (nSPS) is 17.5. The minimum absolute atomic E-state index is 0.0658. The van der Waals surface area contributed by atoms with Crippen molar-refractivity contribution in [2.75, 3.05) is 19.3 Å². The van der Waals surface area contributed by atoms with Crippen molar-refractivity contribution in [1.29, 1.82) is 0 Å². The molecule has 1 fully saturated rings. The van der Waals surface area contributed by atoms with Gasteiger partial charge >= 0.3 is 0 Å². The molecule has 2 aromatic carbocycles. The molecule has 5 heteroatoms. The van der Waals surface area contributed by atoms with Gasteiger partial charge in [-0.2, -0.15) is 11.8 Å². The first kappa shape index (κ1) is 21.7. The van der Waals surface area contributed by atoms with Crippen LogP contribution in [0.5, 0.6) is 5.75 Å². The Hall–Kier alpha value is -2.53. The monoisotopic (exact) mass is 434 g/mol. The van der Waals surface area contributed by atoms with E-state index in [4.69, 9.17) is 4.74 Å². The molecule has 1 amide bonds. The summed E-state index contributed by atoms with van der Waals surface area (Å²) in [5.41, 5.74) is 5.79. The number of ether oxygens (including phenoxy) is 1. The minimum Gasteiger partial charge on any atom is -0.481 e. The highest BCUT2D eigenvalue weighted by Gasteiger charge is 2.27. The lowest BCUT2D eigenvalue weighted by Gasteiger charge is -2.33. The number of hydrogen-bond acceptors (Lipinski definition) is 4. The molecular formula is C26H30N2O2S. The lowest BCUT2D eigenvalue weighted by Crippen LogP contribution is -2.46. The number of carbonyl (C=O) groups is 1. The second-order valence-electron chi connectivity index (χ2n) is 8.35. The first-order chi connectivity index (χ1) is 15.0. The number of aromatic nitrogens is 1. The lowest BCUT2D eigenvalue weighted by atomic mass is 9.93. The van der Waals surface area contributed by atoms with Gasteiger partial charge in [-0.15, -0.1) is 0 Å². The molecule has 0 aliphatic carbocycles. The largest absolute Gasteiger partial charge is 0.481 e. The molecule has 0 radical (unpaired) electrons. The highest BCUT2D eigenvalue weighted by Crippen LogP contribution is 2.34. The quantitative estimate of drug-likeness (QED) is 0.521. The number of piperidine rings is 1. The number of aryl methyl sites for hydroxylation is 2. The zero-order valence-corrected chi connectivity index (χ0v) is 19.5. The van der Waals surface area contributed by atoms with Crippen molar-refractivity contribution >= 4 is 28.6 Å². The van der Waals surface area contributed by atoms with E-state index >= 15 is 0 Å². The van der Waals surface area contributed by atoms with Gasteiger partial charge in [-0.1, -0.05) is 18.2 Å². The van der Waals surface area contributed by atoms with E-state index in [9.17, 15) is 4.79 Å². The van der Waals surface area contributed by atoms with Gasteiger partial charge in [0.1, 0.15) is 5.75 Å². The van der Waals surface area contributed by atoms with Crippen LogP contribution >= 0.6 is 11.8 Å². The molecule has 31 heavy (non-hydrogen) atoms. The second kappa shape index (κ2) is 9.31. The topological polar surface area (TPSA) is 42.4 Å². The third-order valence-electron chi connectivity index (χ3n) is 6.15. The molecule has 4 nitrogen and oxygen atoms in total. The van der Waals surface area contributed by atoms with E-state index in [1.165, 1.54) is 28.7 Å². The molecule has 2 heterocycles. The number of thioether (sulfide) groups is 1. The smallest absolute Gasteiger partial charge is 0.263 e.